The summed E-state index contributed by atoms with van der Waals surface area (Å²) < 4.78 is 5.59. The van der Waals surface area contributed by atoms with Gasteiger partial charge in [-0.15, -0.1) is 0 Å². The molecule has 0 aromatic heterocycles. The summed E-state index contributed by atoms with van der Waals surface area (Å²) in [6, 6.07) is 13.4. The number of nitrogens with zero attached hydrogens (tertiary/aromatic N) is 2. The molecule has 0 bridgehead atoms. The van der Waals surface area contributed by atoms with Crippen LogP contribution in [0.25, 0.3) is 6.08 Å². The first-order valence-electron chi connectivity index (χ1n) is 8.13. The molecule has 1 fully saturated rings. The van der Waals surface area contributed by atoms with E-state index in [0.717, 1.165) is 22.2 Å². The van der Waals surface area contributed by atoms with Gasteiger partial charge in [0.1, 0.15) is 12.4 Å². The second-order valence-electron chi connectivity index (χ2n) is 5.85. The normalized spacial score (nSPS) is 15.4. The highest BCUT2D eigenvalue weighted by atomic mass is 32.2. The third-order valence-corrected chi connectivity index (χ3v) is 4.73. The maximum absolute atomic E-state index is 12.5. The molecule has 1 heterocycles. The van der Waals surface area contributed by atoms with Crippen molar-refractivity contribution in [3.8, 4) is 5.75 Å². The number of rotatable bonds is 6. The molecule has 1 aliphatic rings. The highest BCUT2D eigenvalue weighted by Crippen LogP contribution is 2.32. The Morgan fingerprint density at radius 1 is 1.19 bits per heavy atom. The second-order valence-corrected chi connectivity index (χ2v) is 6.84. The molecule has 3 rings (SSSR count). The maximum Gasteiger partial charge on any atom is 0.293 e. The van der Waals surface area contributed by atoms with Gasteiger partial charge in [-0.3, -0.25) is 24.6 Å². The van der Waals surface area contributed by atoms with Crippen molar-refractivity contribution in [2.75, 3.05) is 13.2 Å². The monoisotopic (exact) mass is 384 g/mol. The van der Waals surface area contributed by atoms with Crippen LogP contribution in [0.4, 0.5) is 10.5 Å². The number of hydrogen-bond donors (Lipinski definition) is 0. The van der Waals surface area contributed by atoms with Crippen LogP contribution in [0.3, 0.4) is 0 Å². The van der Waals surface area contributed by atoms with Gasteiger partial charge in [0.2, 0.25) is 0 Å². The van der Waals surface area contributed by atoms with Crippen LogP contribution in [0.15, 0.2) is 53.4 Å². The van der Waals surface area contributed by atoms with Crippen molar-refractivity contribution >= 4 is 34.7 Å². The zero-order valence-electron chi connectivity index (χ0n) is 14.5. The Hall–Kier alpha value is -3.13. The summed E-state index contributed by atoms with van der Waals surface area (Å²) in [6.07, 6.45) is 1.49. The first kappa shape index (κ1) is 18.7. The number of nitro groups is 1. The molecule has 0 radical (unpaired) electrons. The Balaban J connectivity index is 1.66. The number of benzene rings is 2. The van der Waals surface area contributed by atoms with E-state index >= 15 is 0 Å². The van der Waals surface area contributed by atoms with E-state index in [0.29, 0.717) is 11.3 Å². The zero-order chi connectivity index (χ0) is 19.4. The quantitative estimate of drug-likeness (QED) is 0.424. The molecular formula is C19H16N2O5S. The molecule has 2 amide bonds. The van der Waals surface area contributed by atoms with E-state index in [9.17, 15) is 19.7 Å². The van der Waals surface area contributed by atoms with Crippen LogP contribution < -0.4 is 4.74 Å². The molecule has 7 nitrogen and oxygen atoms in total. The molecule has 0 aliphatic carbocycles. The average molecular weight is 384 g/mol. The van der Waals surface area contributed by atoms with Crippen LogP contribution in [0, 0.1) is 17.0 Å². The van der Waals surface area contributed by atoms with E-state index in [4.69, 9.17) is 4.74 Å². The highest BCUT2D eigenvalue weighted by Gasteiger charge is 2.34. The standard InChI is InChI=1S/C19H16N2O5S/c1-13-4-2-7-16(10-13)26-9-8-20-18(22)17(27-19(20)23)12-14-5-3-6-15(11-14)21(24)25/h2-7,10-12H,8-9H2,1H3/b17-12-. The Morgan fingerprint density at radius 3 is 2.70 bits per heavy atom. The van der Waals surface area contributed by atoms with Crippen LogP contribution in [-0.2, 0) is 4.79 Å². The van der Waals surface area contributed by atoms with Crippen molar-refractivity contribution in [1.29, 1.82) is 0 Å². The minimum absolute atomic E-state index is 0.0745. The van der Waals surface area contributed by atoms with Gasteiger partial charge in [-0.2, -0.15) is 0 Å². The Bertz CT molecular complexity index is 941. The molecule has 2 aromatic rings. The molecular weight excluding hydrogens is 368 g/mol. The van der Waals surface area contributed by atoms with Crippen LogP contribution in [0.2, 0.25) is 0 Å². The predicted octanol–water partition coefficient (Wildman–Crippen LogP) is 4.02. The molecule has 2 aromatic carbocycles. The van der Waals surface area contributed by atoms with E-state index in [1.54, 1.807) is 6.07 Å². The van der Waals surface area contributed by atoms with Gasteiger partial charge >= 0.3 is 0 Å². The third-order valence-electron chi connectivity index (χ3n) is 3.83. The smallest absolute Gasteiger partial charge is 0.293 e. The SMILES string of the molecule is Cc1cccc(OCCN2C(=O)S/C(=C\c3cccc([N+](=O)[O-])c3)C2=O)c1. The number of carbonyl (C=O) groups excluding carboxylic acids is 2. The lowest BCUT2D eigenvalue weighted by molar-refractivity contribution is -0.384. The number of non-ortho nitro benzene ring substituents is 1. The van der Waals surface area contributed by atoms with Gasteiger partial charge in [0, 0.05) is 12.1 Å². The van der Waals surface area contributed by atoms with E-state index < -0.39 is 10.8 Å². The molecule has 0 saturated carbocycles. The van der Waals surface area contributed by atoms with Gasteiger partial charge in [0.15, 0.2) is 0 Å². The maximum atomic E-state index is 12.5. The fourth-order valence-electron chi connectivity index (χ4n) is 2.53. The number of aryl methyl sites for hydroxylation is 1. The summed E-state index contributed by atoms with van der Waals surface area (Å²) in [5.74, 6) is 0.249. The molecule has 0 spiro atoms. The van der Waals surface area contributed by atoms with Crippen molar-refractivity contribution < 1.29 is 19.2 Å². The lowest BCUT2D eigenvalue weighted by atomic mass is 10.2. The van der Waals surface area contributed by atoms with Crippen molar-refractivity contribution in [3.05, 3.63) is 74.7 Å². The van der Waals surface area contributed by atoms with Crippen molar-refractivity contribution in [2.45, 2.75) is 6.92 Å². The van der Waals surface area contributed by atoms with Crippen molar-refractivity contribution in [3.63, 3.8) is 0 Å². The molecule has 138 valence electrons. The fraction of sp³-hybridized carbons (Fsp3) is 0.158. The first-order valence-corrected chi connectivity index (χ1v) is 8.95. The number of amides is 2. The van der Waals surface area contributed by atoms with Crippen molar-refractivity contribution in [2.24, 2.45) is 0 Å². The summed E-state index contributed by atoms with van der Waals surface area (Å²) >= 11 is 0.813. The number of imide groups is 1. The Kier molecular flexibility index (Phi) is 5.56. The summed E-state index contributed by atoms with van der Waals surface area (Å²) in [4.78, 5) is 36.3. The van der Waals surface area contributed by atoms with Crippen LogP contribution in [0.1, 0.15) is 11.1 Å². The van der Waals surface area contributed by atoms with Crippen LogP contribution in [0.5, 0.6) is 5.75 Å². The Labute approximate surface area is 159 Å². The minimum Gasteiger partial charge on any atom is -0.492 e. The van der Waals surface area contributed by atoms with Gasteiger partial charge < -0.3 is 4.74 Å². The van der Waals surface area contributed by atoms with Crippen molar-refractivity contribution in [1.82, 2.24) is 4.90 Å². The average Bonchev–Trinajstić information content (AvgIpc) is 2.89. The van der Waals surface area contributed by atoms with E-state index in [2.05, 4.69) is 0 Å². The van der Waals surface area contributed by atoms with Gasteiger partial charge in [0.05, 0.1) is 16.4 Å². The minimum atomic E-state index is -0.508. The molecule has 8 heteroatoms. The van der Waals surface area contributed by atoms with E-state index in [1.165, 1.54) is 24.3 Å². The summed E-state index contributed by atoms with van der Waals surface area (Å²) in [5, 5.41) is 10.5. The summed E-state index contributed by atoms with van der Waals surface area (Å²) in [6.45, 7) is 2.26. The van der Waals surface area contributed by atoms with Crippen LogP contribution in [-0.4, -0.2) is 34.1 Å². The topological polar surface area (TPSA) is 89.8 Å². The predicted molar refractivity (Wildman–Crippen MR) is 102 cm³/mol. The van der Waals surface area contributed by atoms with Crippen LogP contribution >= 0.6 is 11.8 Å². The number of ether oxygens (including phenoxy) is 1. The number of carbonyl (C=O) groups is 2. The summed E-state index contributed by atoms with van der Waals surface area (Å²) in [7, 11) is 0. The molecule has 0 atom stereocenters. The van der Waals surface area contributed by atoms with Gasteiger partial charge in [0.25, 0.3) is 16.8 Å². The van der Waals surface area contributed by atoms with E-state index in [1.807, 2.05) is 31.2 Å². The second kappa shape index (κ2) is 8.05. The number of thioether (sulfide) groups is 1. The highest BCUT2D eigenvalue weighted by molar-refractivity contribution is 8.18. The lowest BCUT2D eigenvalue weighted by Crippen LogP contribution is -2.32. The molecule has 27 heavy (non-hydrogen) atoms. The number of hydrogen-bond acceptors (Lipinski definition) is 6. The molecule has 1 saturated heterocycles. The third kappa shape index (κ3) is 4.53. The summed E-state index contributed by atoms with van der Waals surface area (Å²) in [5.41, 5.74) is 1.47. The lowest BCUT2D eigenvalue weighted by Gasteiger charge is -2.13. The molecule has 0 unspecified atom stereocenters. The van der Waals surface area contributed by atoms with Gasteiger partial charge in [-0.25, -0.2) is 0 Å². The van der Waals surface area contributed by atoms with Gasteiger partial charge in [-0.1, -0.05) is 24.3 Å². The largest absolute Gasteiger partial charge is 0.492 e. The van der Waals surface area contributed by atoms with Gasteiger partial charge in [-0.05, 0) is 48.0 Å². The number of nitro benzene ring substituents is 1. The molecule has 0 N–H and O–H groups in total. The fourth-order valence-corrected chi connectivity index (χ4v) is 3.40. The van der Waals surface area contributed by atoms with E-state index in [-0.39, 0.29) is 29.0 Å². The molecule has 1 aliphatic heterocycles. The Morgan fingerprint density at radius 2 is 1.96 bits per heavy atom. The first-order chi connectivity index (χ1) is 12.9. The zero-order valence-corrected chi connectivity index (χ0v) is 15.3.